The van der Waals surface area contributed by atoms with Crippen LogP contribution in [0.15, 0.2) is 24.4 Å². The van der Waals surface area contributed by atoms with Crippen molar-refractivity contribution >= 4 is 29.9 Å². The van der Waals surface area contributed by atoms with E-state index >= 15 is 0 Å². The van der Waals surface area contributed by atoms with Gasteiger partial charge in [0.1, 0.15) is 23.4 Å². The number of carbonyl (C=O) groups is 3. The number of nitriles is 1. The van der Waals surface area contributed by atoms with Crippen LogP contribution in [0, 0.1) is 17.2 Å². The summed E-state index contributed by atoms with van der Waals surface area (Å²) in [4.78, 5) is 50.5. The van der Waals surface area contributed by atoms with Gasteiger partial charge in [0.2, 0.25) is 5.91 Å². The largest absolute Gasteiger partial charge is 0.336 e. The van der Waals surface area contributed by atoms with Gasteiger partial charge in [-0.3, -0.25) is 24.7 Å². The molecule has 0 bridgehead atoms. The zero-order chi connectivity index (χ0) is 25.7. The smallest absolute Gasteiger partial charge is 0.328 e. The van der Waals surface area contributed by atoms with Gasteiger partial charge in [0.25, 0.3) is 0 Å². The Morgan fingerprint density at radius 1 is 1.28 bits per heavy atom. The van der Waals surface area contributed by atoms with Gasteiger partial charge in [-0.1, -0.05) is 31.7 Å². The Hall–Kier alpha value is -3.84. The first-order valence-corrected chi connectivity index (χ1v) is 12.2. The van der Waals surface area contributed by atoms with Crippen LogP contribution in [0.1, 0.15) is 52.9 Å². The lowest BCUT2D eigenvalue weighted by atomic mass is 9.96. The Labute approximate surface area is 210 Å². The summed E-state index contributed by atoms with van der Waals surface area (Å²) in [7, 11) is 3.45. The van der Waals surface area contributed by atoms with Crippen LogP contribution in [0.2, 0.25) is 0 Å². The Bertz CT molecular complexity index is 1190. The van der Waals surface area contributed by atoms with Crippen molar-refractivity contribution in [1.29, 1.82) is 5.26 Å². The Morgan fingerprint density at radius 3 is 2.75 bits per heavy atom. The number of urea groups is 1. The average molecular weight is 490 g/mol. The van der Waals surface area contributed by atoms with Crippen LogP contribution in [0.5, 0.6) is 0 Å². The molecule has 2 aromatic rings. The number of amides is 3. The number of nitrogens with zero attached hydrogens (tertiary/aromatic N) is 6. The summed E-state index contributed by atoms with van der Waals surface area (Å²) in [5.74, 6) is 1.21. The molecule has 1 saturated heterocycles. The van der Waals surface area contributed by atoms with Gasteiger partial charge in [0, 0.05) is 38.4 Å². The number of aromatic nitrogens is 2. The van der Waals surface area contributed by atoms with Gasteiger partial charge < -0.3 is 4.90 Å². The molecule has 3 amide bonds. The topological polar surface area (TPSA) is 123 Å². The third-order valence-corrected chi connectivity index (χ3v) is 6.96. The first-order chi connectivity index (χ1) is 17.4. The maximum absolute atomic E-state index is 12.9. The van der Waals surface area contributed by atoms with E-state index in [0.717, 1.165) is 31.4 Å². The van der Waals surface area contributed by atoms with Crippen molar-refractivity contribution in [3.05, 3.63) is 46.8 Å². The van der Waals surface area contributed by atoms with Crippen LogP contribution < -0.4 is 10.2 Å². The highest BCUT2D eigenvalue weighted by molar-refractivity contribution is 6.00. The lowest BCUT2D eigenvalue weighted by Gasteiger charge is -2.32. The highest BCUT2D eigenvalue weighted by atomic mass is 16.2. The maximum atomic E-state index is 12.9. The molecular formula is C26H31N7O3. The molecule has 0 atom stereocenters. The highest BCUT2D eigenvalue weighted by Crippen LogP contribution is 2.29. The van der Waals surface area contributed by atoms with E-state index in [1.165, 1.54) is 23.9 Å². The fourth-order valence-electron chi connectivity index (χ4n) is 4.77. The standard InChI is InChI=1S/C26H31N7O3/c1-31-9-10-33(25(35)16-31)15-19-7-8-24(29-22(19)17-34)32(2)26(36)30-23-12-20(21(13-27)14-28-23)11-18-5-3-4-6-18/h7-8,12,14,17-18H,3-6,9-11,15-16H2,1-2H3,(H,28,30,36). The second kappa shape index (κ2) is 11.3. The van der Waals surface area contributed by atoms with Crippen LogP contribution in [-0.2, 0) is 17.8 Å². The second-order valence-electron chi connectivity index (χ2n) is 9.57. The molecule has 4 rings (SSSR count). The predicted molar refractivity (Wildman–Crippen MR) is 135 cm³/mol. The Balaban J connectivity index is 1.45. The minimum Gasteiger partial charge on any atom is -0.336 e. The first-order valence-electron chi connectivity index (χ1n) is 12.2. The van der Waals surface area contributed by atoms with E-state index in [0.29, 0.717) is 54.6 Å². The van der Waals surface area contributed by atoms with Crippen LogP contribution in [0.3, 0.4) is 0 Å². The number of aldehydes is 1. The summed E-state index contributed by atoms with van der Waals surface area (Å²) in [6.07, 6.45) is 7.67. The zero-order valence-corrected chi connectivity index (χ0v) is 20.7. The third-order valence-electron chi connectivity index (χ3n) is 6.96. The van der Waals surface area contributed by atoms with Gasteiger partial charge in [0.05, 0.1) is 12.1 Å². The van der Waals surface area contributed by atoms with Crippen molar-refractivity contribution in [1.82, 2.24) is 19.8 Å². The van der Waals surface area contributed by atoms with E-state index < -0.39 is 6.03 Å². The van der Waals surface area contributed by atoms with Crippen molar-refractivity contribution in [3.8, 4) is 6.07 Å². The number of likely N-dealkylation sites (N-methyl/N-ethyl adjacent to an activating group) is 1. The molecule has 0 spiro atoms. The number of hydrogen-bond acceptors (Lipinski definition) is 7. The van der Waals surface area contributed by atoms with E-state index in [2.05, 4.69) is 21.4 Å². The van der Waals surface area contributed by atoms with Crippen LogP contribution in [0.25, 0.3) is 0 Å². The number of carbonyl (C=O) groups excluding carboxylic acids is 3. The van der Waals surface area contributed by atoms with E-state index in [1.54, 1.807) is 30.1 Å². The first kappa shape index (κ1) is 25.3. The van der Waals surface area contributed by atoms with Crippen LogP contribution in [0.4, 0.5) is 16.4 Å². The Morgan fingerprint density at radius 2 is 2.06 bits per heavy atom. The predicted octanol–water partition coefficient (Wildman–Crippen LogP) is 2.84. The molecule has 1 aliphatic heterocycles. The number of anilines is 2. The summed E-state index contributed by atoms with van der Waals surface area (Å²) in [5.41, 5.74) is 2.24. The SMILES string of the molecule is CN1CCN(Cc2ccc(N(C)C(=O)Nc3cc(CC4CCCC4)c(C#N)cn3)nc2C=O)C(=O)C1. The van der Waals surface area contributed by atoms with Crippen molar-refractivity contribution in [2.75, 3.05) is 43.9 Å². The summed E-state index contributed by atoms with van der Waals surface area (Å²) in [6, 6.07) is 6.87. The fourth-order valence-corrected chi connectivity index (χ4v) is 4.77. The third kappa shape index (κ3) is 5.86. The molecule has 2 aromatic heterocycles. The van der Waals surface area contributed by atoms with Crippen molar-refractivity contribution in [2.45, 2.75) is 38.6 Å². The summed E-state index contributed by atoms with van der Waals surface area (Å²) < 4.78 is 0. The van der Waals surface area contributed by atoms with Gasteiger partial charge in [-0.2, -0.15) is 5.26 Å². The molecule has 2 aliphatic rings. The molecule has 3 heterocycles. The molecule has 0 radical (unpaired) electrons. The van der Waals surface area contributed by atoms with Crippen LogP contribution in [-0.4, -0.2) is 71.7 Å². The molecular weight excluding hydrogens is 458 g/mol. The minimum atomic E-state index is -0.467. The van der Waals surface area contributed by atoms with Crippen molar-refractivity contribution in [3.63, 3.8) is 0 Å². The number of nitrogens with one attached hydrogen (secondary N) is 1. The van der Waals surface area contributed by atoms with Gasteiger partial charge in [-0.05, 0) is 37.1 Å². The van der Waals surface area contributed by atoms with Crippen molar-refractivity contribution in [2.24, 2.45) is 5.92 Å². The highest BCUT2D eigenvalue weighted by Gasteiger charge is 2.23. The van der Waals surface area contributed by atoms with Gasteiger partial charge in [-0.25, -0.2) is 14.8 Å². The van der Waals surface area contributed by atoms with Crippen molar-refractivity contribution < 1.29 is 14.4 Å². The molecule has 10 heteroatoms. The number of pyridine rings is 2. The van der Waals surface area contributed by atoms with Gasteiger partial charge in [-0.15, -0.1) is 0 Å². The summed E-state index contributed by atoms with van der Waals surface area (Å²) in [5, 5.41) is 12.2. The molecule has 0 aromatic carbocycles. The fraction of sp³-hybridized carbons (Fsp3) is 0.462. The number of piperazine rings is 1. The maximum Gasteiger partial charge on any atom is 0.328 e. The molecule has 1 N–H and O–H groups in total. The zero-order valence-electron chi connectivity index (χ0n) is 20.7. The van der Waals surface area contributed by atoms with E-state index in [9.17, 15) is 19.6 Å². The van der Waals surface area contributed by atoms with E-state index in [1.807, 2.05) is 11.9 Å². The Kier molecular flexibility index (Phi) is 7.90. The molecule has 2 fully saturated rings. The lowest BCUT2D eigenvalue weighted by Crippen LogP contribution is -2.48. The quantitative estimate of drug-likeness (QED) is 0.593. The van der Waals surface area contributed by atoms with E-state index in [4.69, 9.17) is 0 Å². The minimum absolute atomic E-state index is 0.00314. The van der Waals surface area contributed by atoms with Crippen LogP contribution >= 0.6 is 0 Å². The van der Waals surface area contributed by atoms with E-state index in [-0.39, 0.29) is 11.6 Å². The lowest BCUT2D eigenvalue weighted by molar-refractivity contribution is -0.136. The molecule has 188 valence electrons. The molecule has 1 aliphatic carbocycles. The number of hydrogen-bond donors (Lipinski definition) is 1. The van der Waals surface area contributed by atoms with Gasteiger partial charge in [0.15, 0.2) is 6.29 Å². The molecule has 36 heavy (non-hydrogen) atoms. The normalized spacial score (nSPS) is 16.6. The second-order valence-corrected chi connectivity index (χ2v) is 9.57. The summed E-state index contributed by atoms with van der Waals surface area (Å²) in [6.45, 7) is 1.99. The average Bonchev–Trinajstić information content (AvgIpc) is 3.38. The molecule has 10 nitrogen and oxygen atoms in total. The summed E-state index contributed by atoms with van der Waals surface area (Å²) >= 11 is 0. The molecule has 1 saturated carbocycles. The monoisotopic (exact) mass is 489 g/mol. The van der Waals surface area contributed by atoms with Gasteiger partial charge >= 0.3 is 6.03 Å². The molecule has 0 unspecified atom stereocenters. The number of rotatable bonds is 7.